The SMILES string of the molecule is CCC(=O)C(N)Cc1ccn[nH]1. The van der Waals surface area contributed by atoms with E-state index in [1.54, 1.807) is 6.20 Å². The van der Waals surface area contributed by atoms with Crippen LogP contribution < -0.4 is 5.73 Å². The fourth-order valence-corrected chi connectivity index (χ4v) is 1.01. The van der Waals surface area contributed by atoms with Gasteiger partial charge in [0.15, 0.2) is 0 Å². The van der Waals surface area contributed by atoms with Crippen LogP contribution in [0.5, 0.6) is 0 Å². The summed E-state index contributed by atoms with van der Waals surface area (Å²) < 4.78 is 0. The quantitative estimate of drug-likeness (QED) is 0.675. The minimum Gasteiger partial charge on any atom is -0.321 e. The molecule has 4 nitrogen and oxygen atoms in total. The number of hydrogen-bond acceptors (Lipinski definition) is 3. The van der Waals surface area contributed by atoms with Gasteiger partial charge in [0.05, 0.1) is 6.04 Å². The molecule has 12 heavy (non-hydrogen) atoms. The monoisotopic (exact) mass is 167 g/mol. The van der Waals surface area contributed by atoms with E-state index in [4.69, 9.17) is 5.73 Å². The maximum Gasteiger partial charge on any atom is 0.149 e. The average molecular weight is 167 g/mol. The summed E-state index contributed by atoms with van der Waals surface area (Å²) in [6.45, 7) is 1.81. The fourth-order valence-electron chi connectivity index (χ4n) is 1.01. The largest absolute Gasteiger partial charge is 0.321 e. The van der Waals surface area contributed by atoms with E-state index in [1.165, 1.54) is 0 Å². The van der Waals surface area contributed by atoms with Gasteiger partial charge >= 0.3 is 0 Å². The van der Waals surface area contributed by atoms with E-state index in [2.05, 4.69) is 10.2 Å². The minimum absolute atomic E-state index is 0.0876. The molecule has 0 aliphatic heterocycles. The standard InChI is InChI=1S/C8H13N3O/c1-2-8(12)7(9)5-6-3-4-10-11-6/h3-4,7H,2,5,9H2,1H3,(H,10,11). The molecule has 1 heterocycles. The minimum atomic E-state index is -0.393. The first-order valence-electron chi connectivity index (χ1n) is 4.00. The zero-order chi connectivity index (χ0) is 8.97. The summed E-state index contributed by atoms with van der Waals surface area (Å²) in [5.74, 6) is 0.0876. The highest BCUT2D eigenvalue weighted by molar-refractivity contribution is 5.83. The fraction of sp³-hybridized carbons (Fsp3) is 0.500. The molecule has 1 aromatic heterocycles. The second-order valence-electron chi connectivity index (χ2n) is 2.71. The van der Waals surface area contributed by atoms with Crippen LogP contribution in [-0.2, 0) is 11.2 Å². The van der Waals surface area contributed by atoms with Crippen molar-refractivity contribution in [3.63, 3.8) is 0 Å². The molecule has 0 aliphatic rings. The van der Waals surface area contributed by atoms with Gasteiger partial charge in [-0.05, 0) is 6.07 Å². The van der Waals surface area contributed by atoms with Crippen LogP contribution in [0.25, 0.3) is 0 Å². The Kier molecular flexibility index (Phi) is 2.99. The first-order valence-corrected chi connectivity index (χ1v) is 4.00. The Balaban J connectivity index is 2.47. The molecule has 0 bridgehead atoms. The lowest BCUT2D eigenvalue weighted by molar-refractivity contribution is -0.119. The van der Waals surface area contributed by atoms with Crippen molar-refractivity contribution in [1.82, 2.24) is 10.2 Å². The number of rotatable bonds is 4. The topological polar surface area (TPSA) is 71.8 Å². The van der Waals surface area contributed by atoms with Crippen LogP contribution in [0.15, 0.2) is 12.3 Å². The van der Waals surface area contributed by atoms with Gasteiger partial charge in [-0.2, -0.15) is 5.10 Å². The smallest absolute Gasteiger partial charge is 0.149 e. The highest BCUT2D eigenvalue weighted by atomic mass is 16.1. The van der Waals surface area contributed by atoms with Crippen LogP contribution in [0.2, 0.25) is 0 Å². The summed E-state index contributed by atoms with van der Waals surface area (Å²) >= 11 is 0. The average Bonchev–Trinajstić information content (AvgIpc) is 2.55. The number of aromatic amines is 1. The summed E-state index contributed by atoms with van der Waals surface area (Å²) in [7, 11) is 0. The lowest BCUT2D eigenvalue weighted by atomic mass is 10.1. The Morgan fingerprint density at radius 3 is 3.08 bits per heavy atom. The zero-order valence-electron chi connectivity index (χ0n) is 7.08. The lowest BCUT2D eigenvalue weighted by Gasteiger charge is -2.06. The molecule has 3 N–H and O–H groups in total. The first-order chi connectivity index (χ1) is 5.74. The summed E-state index contributed by atoms with van der Waals surface area (Å²) in [6, 6.07) is 1.43. The molecule has 0 aliphatic carbocycles. The summed E-state index contributed by atoms with van der Waals surface area (Å²) in [5, 5.41) is 6.53. The zero-order valence-corrected chi connectivity index (χ0v) is 7.08. The number of aromatic nitrogens is 2. The number of H-pyrrole nitrogens is 1. The number of Topliss-reactive ketones (excluding diaryl/α,β-unsaturated/α-hetero) is 1. The molecule has 66 valence electrons. The van der Waals surface area contributed by atoms with Gasteiger partial charge in [-0.1, -0.05) is 6.92 Å². The van der Waals surface area contributed by atoms with Crippen molar-refractivity contribution in [2.45, 2.75) is 25.8 Å². The lowest BCUT2D eigenvalue weighted by Crippen LogP contribution is -2.32. The normalized spacial score (nSPS) is 12.8. The first kappa shape index (κ1) is 8.93. The Hall–Kier alpha value is -1.16. The third-order valence-corrected chi connectivity index (χ3v) is 1.76. The Morgan fingerprint density at radius 1 is 1.83 bits per heavy atom. The predicted molar refractivity (Wildman–Crippen MR) is 45.6 cm³/mol. The number of ketones is 1. The molecule has 1 atom stereocenters. The molecule has 0 amide bonds. The van der Waals surface area contributed by atoms with Crippen molar-refractivity contribution in [1.29, 1.82) is 0 Å². The number of hydrogen-bond donors (Lipinski definition) is 2. The van der Waals surface area contributed by atoms with Crippen molar-refractivity contribution >= 4 is 5.78 Å². The molecule has 1 aromatic rings. The summed E-state index contributed by atoms with van der Waals surface area (Å²) in [6.07, 6.45) is 2.69. The van der Waals surface area contributed by atoms with Gasteiger partial charge in [0.25, 0.3) is 0 Å². The van der Waals surface area contributed by atoms with Gasteiger partial charge in [0.1, 0.15) is 5.78 Å². The van der Waals surface area contributed by atoms with E-state index in [0.29, 0.717) is 12.8 Å². The van der Waals surface area contributed by atoms with Gasteiger partial charge < -0.3 is 5.73 Å². The van der Waals surface area contributed by atoms with Crippen LogP contribution >= 0.6 is 0 Å². The van der Waals surface area contributed by atoms with E-state index >= 15 is 0 Å². The second-order valence-corrected chi connectivity index (χ2v) is 2.71. The van der Waals surface area contributed by atoms with Gasteiger partial charge in [0.2, 0.25) is 0 Å². The molecule has 0 saturated heterocycles. The van der Waals surface area contributed by atoms with E-state index < -0.39 is 6.04 Å². The van der Waals surface area contributed by atoms with Gasteiger partial charge in [-0.25, -0.2) is 0 Å². The predicted octanol–water partition coefficient (Wildman–Crippen LogP) is 0.259. The molecule has 4 heteroatoms. The molecule has 0 radical (unpaired) electrons. The van der Waals surface area contributed by atoms with E-state index in [0.717, 1.165) is 5.69 Å². The summed E-state index contributed by atoms with van der Waals surface area (Å²) in [5.41, 5.74) is 6.53. The van der Waals surface area contributed by atoms with Crippen molar-refractivity contribution in [3.8, 4) is 0 Å². The van der Waals surface area contributed by atoms with Crippen molar-refractivity contribution in [2.24, 2.45) is 5.73 Å². The number of nitrogens with one attached hydrogen (secondary N) is 1. The Morgan fingerprint density at radius 2 is 2.58 bits per heavy atom. The highest BCUT2D eigenvalue weighted by Gasteiger charge is 2.11. The van der Waals surface area contributed by atoms with Crippen molar-refractivity contribution in [3.05, 3.63) is 18.0 Å². The maximum atomic E-state index is 11.1. The van der Waals surface area contributed by atoms with Crippen LogP contribution in [0, 0.1) is 0 Å². The van der Waals surface area contributed by atoms with Crippen LogP contribution in [0.3, 0.4) is 0 Å². The van der Waals surface area contributed by atoms with E-state index in [1.807, 2.05) is 13.0 Å². The summed E-state index contributed by atoms with van der Waals surface area (Å²) in [4.78, 5) is 11.1. The molecular weight excluding hydrogens is 154 g/mol. The Bertz CT molecular complexity index is 243. The van der Waals surface area contributed by atoms with Gasteiger partial charge in [-0.15, -0.1) is 0 Å². The molecule has 0 aromatic carbocycles. The number of nitrogens with zero attached hydrogens (tertiary/aromatic N) is 1. The Labute approximate surface area is 71.2 Å². The van der Waals surface area contributed by atoms with Crippen LogP contribution in [0.4, 0.5) is 0 Å². The molecule has 0 fully saturated rings. The third-order valence-electron chi connectivity index (χ3n) is 1.76. The maximum absolute atomic E-state index is 11.1. The van der Waals surface area contributed by atoms with E-state index in [9.17, 15) is 4.79 Å². The van der Waals surface area contributed by atoms with Crippen molar-refractivity contribution < 1.29 is 4.79 Å². The number of carbonyl (C=O) groups is 1. The number of carbonyl (C=O) groups excluding carboxylic acids is 1. The third kappa shape index (κ3) is 2.17. The van der Waals surface area contributed by atoms with Crippen LogP contribution in [-0.4, -0.2) is 22.0 Å². The van der Waals surface area contributed by atoms with Gasteiger partial charge in [0, 0.05) is 24.7 Å². The number of nitrogens with two attached hydrogens (primary N) is 1. The van der Waals surface area contributed by atoms with Crippen LogP contribution in [0.1, 0.15) is 19.0 Å². The van der Waals surface area contributed by atoms with Crippen molar-refractivity contribution in [2.75, 3.05) is 0 Å². The highest BCUT2D eigenvalue weighted by Crippen LogP contribution is 1.98. The molecule has 1 unspecified atom stereocenters. The second kappa shape index (κ2) is 4.01. The molecule has 1 rings (SSSR count). The molecule has 0 saturated carbocycles. The van der Waals surface area contributed by atoms with E-state index in [-0.39, 0.29) is 5.78 Å². The molecular formula is C8H13N3O. The molecule has 0 spiro atoms. The van der Waals surface area contributed by atoms with Gasteiger partial charge in [-0.3, -0.25) is 9.89 Å².